The Kier molecular flexibility index (Phi) is 16.7. The van der Waals surface area contributed by atoms with E-state index in [9.17, 15) is 0 Å². The van der Waals surface area contributed by atoms with Crippen molar-refractivity contribution in [3.05, 3.63) is 163 Å². The van der Waals surface area contributed by atoms with Crippen LogP contribution in [0.1, 0.15) is 76.8 Å². The van der Waals surface area contributed by atoms with Gasteiger partial charge in [-0.25, -0.2) is 15.0 Å². The van der Waals surface area contributed by atoms with Crippen LogP contribution in [0.25, 0.3) is 33.1 Å². The molecule has 0 bridgehead atoms. The van der Waals surface area contributed by atoms with Gasteiger partial charge in [-0.05, 0) is 116 Å². The van der Waals surface area contributed by atoms with E-state index < -0.39 is 0 Å². The summed E-state index contributed by atoms with van der Waals surface area (Å²) < 4.78 is 6.76. The number of fused-ring (bicyclic) bond motifs is 3. The van der Waals surface area contributed by atoms with Crippen molar-refractivity contribution < 1.29 is 0 Å². The standard InChI is InChI=1S/C17H22N2.C16H20N2.C15H18N2/c1-4-5-6-9-14(2)12-13-19-15(3)18-16-10-7-8-11-17(16)19;1-4-5-8-13(2)11-12-18-14(3)17-15-9-6-7-10-16(15)18;1-3-4-5-6-9-12-17-13(2)16-14-10-7-8-11-15(14)17/h4-5,7-8,10-12H,6,9,13H2,1-3H3;4,6-7,9-11H,1,5,8,12H2,2-3H3;3,6-11H,1,4-5,12H2,2H3. The molecule has 6 heteroatoms. The minimum atomic E-state index is 0.892. The van der Waals surface area contributed by atoms with Crippen molar-refractivity contribution in [1.29, 1.82) is 0 Å². The highest BCUT2D eigenvalue weighted by Gasteiger charge is 2.07. The number of hydrogen-bond donors (Lipinski definition) is 0. The second-order valence-corrected chi connectivity index (χ2v) is 13.6. The van der Waals surface area contributed by atoms with Crippen LogP contribution in [0, 0.1) is 20.8 Å². The number of benzene rings is 3. The summed E-state index contributed by atoms with van der Waals surface area (Å²) in [6, 6.07) is 24.9. The van der Waals surface area contributed by atoms with Gasteiger partial charge >= 0.3 is 0 Å². The lowest BCUT2D eigenvalue weighted by Gasteiger charge is -2.04. The first-order chi connectivity index (χ1) is 26.3. The van der Waals surface area contributed by atoms with Gasteiger partial charge in [0.1, 0.15) is 17.5 Å². The van der Waals surface area contributed by atoms with Crippen molar-refractivity contribution in [3.8, 4) is 0 Å². The van der Waals surface area contributed by atoms with Gasteiger partial charge in [-0.2, -0.15) is 0 Å². The van der Waals surface area contributed by atoms with Crippen molar-refractivity contribution in [1.82, 2.24) is 28.7 Å². The Morgan fingerprint density at radius 1 is 0.519 bits per heavy atom. The predicted molar refractivity (Wildman–Crippen MR) is 233 cm³/mol. The molecule has 0 aliphatic heterocycles. The fraction of sp³-hybridized carbons (Fsp3) is 0.312. The quantitative estimate of drug-likeness (QED) is 0.0784. The van der Waals surface area contributed by atoms with E-state index in [1.807, 2.05) is 30.4 Å². The third kappa shape index (κ3) is 12.0. The summed E-state index contributed by atoms with van der Waals surface area (Å²) in [4.78, 5) is 13.7. The largest absolute Gasteiger partial charge is 0.324 e. The van der Waals surface area contributed by atoms with Crippen LogP contribution in [0.15, 0.2) is 146 Å². The molecule has 0 aliphatic carbocycles. The molecule has 3 aromatic heterocycles. The van der Waals surface area contributed by atoms with E-state index >= 15 is 0 Å². The number of rotatable bonds is 15. The summed E-state index contributed by atoms with van der Waals surface area (Å²) in [6.45, 7) is 22.8. The predicted octanol–water partition coefficient (Wildman–Crippen LogP) is 12.8. The second kappa shape index (κ2) is 21.9. The van der Waals surface area contributed by atoms with Gasteiger partial charge in [0, 0.05) is 19.6 Å². The maximum atomic E-state index is 4.59. The molecule has 0 radical (unpaired) electrons. The number of hydrogen-bond acceptors (Lipinski definition) is 3. The molecule has 282 valence electrons. The van der Waals surface area contributed by atoms with Gasteiger partial charge < -0.3 is 13.7 Å². The minimum absolute atomic E-state index is 0.892. The number of allylic oxidation sites excluding steroid dienone is 10. The summed E-state index contributed by atoms with van der Waals surface area (Å²) in [5, 5.41) is 0. The van der Waals surface area contributed by atoms with Gasteiger partial charge in [-0.3, -0.25) is 0 Å². The molecular weight excluding hydrogens is 661 g/mol. The molecule has 0 N–H and O–H groups in total. The van der Waals surface area contributed by atoms with Crippen LogP contribution < -0.4 is 0 Å². The molecule has 0 saturated heterocycles. The molecule has 0 amide bonds. The van der Waals surface area contributed by atoms with Crippen LogP contribution in [0.4, 0.5) is 0 Å². The molecule has 6 aromatic rings. The van der Waals surface area contributed by atoms with E-state index in [-0.39, 0.29) is 0 Å². The first kappa shape index (κ1) is 41.3. The van der Waals surface area contributed by atoms with Crippen molar-refractivity contribution in [2.45, 2.75) is 99.7 Å². The molecular formula is C48H60N6. The summed E-state index contributed by atoms with van der Waals surface area (Å²) in [5.41, 5.74) is 9.72. The SMILES string of the molecule is C=CCCC(C)=CCn1c(C)nc2ccccc21.C=CCCC=CCn1c(C)nc2ccccc21.CC=CCCC(C)=CCn1c(C)nc2ccccc21. The van der Waals surface area contributed by atoms with Crippen LogP contribution in [0.5, 0.6) is 0 Å². The number of nitrogens with zero attached hydrogens (tertiary/aromatic N) is 6. The minimum Gasteiger partial charge on any atom is -0.324 e. The average molecular weight is 721 g/mol. The van der Waals surface area contributed by atoms with E-state index in [1.54, 1.807) is 0 Å². The van der Waals surface area contributed by atoms with Crippen LogP contribution in [0.3, 0.4) is 0 Å². The zero-order valence-electron chi connectivity index (χ0n) is 33.5. The lowest BCUT2D eigenvalue weighted by Crippen LogP contribution is -1.98. The number of aryl methyl sites for hydroxylation is 3. The number of aromatic nitrogens is 6. The summed E-state index contributed by atoms with van der Waals surface area (Å²) in [6.07, 6.45) is 23.7. The van der Waals surface area contributed by atoms with Gasteiger partial charge in [0.25, 0.3) is 0 Å². The first-order valence-corrected chi connectivity index (χ1v) is 19.3. The highest BCUT2D eigenvalue weighted by Crippen LogP contribution is 2.18. The van der Waals surface area contributed by atoms with E-state index in [1.165, 1.54) is 27.7 Å². The highest BCUT2D eigenvalue weighted by atomic mass is 15.1. The van der Waals surface area contributed by atoms with Crippen LogP contribution in [-0.4, -0.2) is 28.7 Å². The molecule has 0 fully saturated rings. The molecule has 6 rings (SSSR count). The van der Waals surface area contributed by atoms with Crippen LogP contribution in [-0.2, 0) is 19.6 Å². The van der Waals surface area contributed by atoms with E-state index in [2.05, 4.69) is 174 Å². The van der Waals surface area contributed by atoms with Gasteiger partial charge in [0.05, 0.1) is 33.1 Å². The monoisotopic (exact) mass is 720 g/mol. The number of imidazole rings is 3. The van der Waals surface area contributed by atoms with Crippen molar-refractivity contribution in [2.24, 2.45) is 0 Å². The topological polar surface area (TPSA) is 53.5 Å². The van der Waals surface area contributed by atoms with Crippen LogP contribution in [0.2, 0.25) is 0 Å². The third-order valence-electron chi connectivity index (χ3n) is 9.46. The van der Waals surface area contributed by atoms with Gasteiger partial charge in [-0.15, -0.1) is 13.2 Å². The summed E-state index contributed by atoms with van der Waals surface area (Å²) >= 11 is 0. The van der Waals surface area contributed by atoms with E-state index in [0.29, 0.717) is 0 Å². The van der Waals surface area contributed by atoms with E-state index in [4.69, 9.17) is 0 Å². The Morgan fingerprint density at radius 3 is 1.35 bits per heavy atom. The Labute approximate surface area is 323 Å². The zero-order valence-corrected chi connectivity index (χ0v) is 33.5. The highest BCUT2D eigenvalue weighted by molar-refractivity contribution is 5.77. The Bertz CT molecular complexity index is 2210. The van der Waals surface area contributed by atoms with E-state index in [0.717, 1.165) is 92.2 Å². The Balaban J connectivity index is 0.000000181. The van der Waals surface area contributed by atoms with Gasteiger partial charge in [0.15, 0.2) is 0 Å². The molecule has 0 aliphatic rings. The Morgan fingerprint density at radius 2 is 0.926 bits per heavy atom. The fourth-order valence-electron chi connectivity index (χ4n) is 6.30. The summed E-state index contributed by atoms with van der Waals surface area (Å²) in [5.74, 6) is 3.22. The molecule has 0 saturated carbocycles. The normalized spacial score (nSPS) is 12.0. The lowest BCUT2D eigenvalue weighted by molar-refractivity contribution is 0.794. The lowest BCUT2D eigenvalue weighted by atomic mass is 10.1. The fourth-order valence-corrected chi connectivity index (χ4v) is 6.30. The molecule has 3 heterocycles. The van der Waals surface area contributed by atoms with Crippen molar-refractivity contribution in [3.63, 3.8) is 0 Å². The third-order valence-corrected chi connectivity index (χ3v) is 9.46. The van der Waals surface area contributed by atoms with Crippen molar-refractivity contribution in [2.75, 3.05) is 0 Å². The van der Waals surface area contributed by atoms with Gasteiger partial charge in [-0.1, -0.05) is 96.2 Å². The molecule has 6 nitrogen and oxygen atoms in total. The summed E-state index contributed by atoms with van der Waals surface area (Å²) in [7, 11) is 0. The number of para-hydroxylation sites is 6. The average Bonchev–Trinajstić information content (AvgIpc) is 3.80. The van der Waals surface area contributed by atoms with Crippen molar-refractivity contribution >= 4 is 33.1 Å². The zero-order chi connectivity index (χ0) is 38.7. The smallest absolute Gasteiger partial charge is 0.107 e. The van der Waals surface area contributed by atoms with Gasteiger partial charge in [0.2, 0.25) is 0 Å². The molecule has 0 atom stereocenters. The first-order valence-electron chi connectivity index (χ1n) is 19.3. The second-order valence-electron chi connectivity index (χ2n) is 13.6. The maximum absolute atomic E-state index is 4.59. The Hall–Kier alpha value is -5.49. The maximum Gasteiger partial charge on any atom is 0.107 e. The molecule has 0 spiro atoms. The molecule has 54 heavy (non-hydrogen) atoms. The number of unbranched alkanes of at least 4 members (excludes halogenated alkanes) is 1. The molecule has 3 aromatic carbocycles. The molecule has 0 unspecified atom stereocenters. The van der Waals surface area contributed by atoms with Crippen LogP contribution >= 0.6 is 0 Å².